The van der Waals surface area contributed by atoms with E-state index in [4.69, 9.17) is 5.26 Å². The second kappa shape index (κ2) is 10.0. The van der Waals surface area contributed by atoms with Crippen LogP contribution >= 0.6 is 0 Å². The van der Waals surface area contributed by atoms with Crippen molar-refractivity contribution in [2.24, 2.45) is 0 Å². The zero-order chi connectivity index (χ0) is 21.3. The Labute approximate surface area is 173 Å². The summed E-state index contributed by atoms with van der Waals surface area (Å²) in [7, 11) is 0. The number of benzene rings is 3. The van der Waals surface area contributed by atoms with Crippen molar-refractivity contribution in [3.63, 3.8) is 0 Å². The molecule has 0 spiro atoms. The molecule has 30 heavy (non-hydrogen) atoms. The molecule has 2 amide bonds. The van der Waals surface area contributed by atoms with Gasteiger partial charge in [-0.3, -0.25) is 9.59 Å². The third-order valence-corrected chi connectivity index (χ3v) is 4.57. The van der Waals surface area contributed by atoms with Crippen LogP contribution in [0, 0.1) is 17.1 Å². The Morgan fingerprint density at radius 3 is 2.50 bits per heavy atom. The van der Waals surface area contributed by atoms with Crippen LogP contribution < -0.4 is 16.0 Å². The molecule has 0 bridgehead atoms. The summed E-state index contributed by atoms with van der Waals surface area (Å²) in [5, 5.41) is 19.3. The normalized spacial score (nSPS) is 10.3. The number of halogens is 1. The molecule has 0 aliphatic rings. The van der Waals surface area contributed by atoms with Gasteiger partial charge in [0.15, 0.2) is 0 Å². The maximum Gasteiger partial charge on any atom is 0.239 e. The molecule has 3 N–H and O–H groups in total. The summed E-state index contributed by atoms with van der Waals surface area (Å²) in [4.78, 5) is 24.1. The summed E-state index contributed by atoms with van der Waals surface area (Å²) in [6.07, 6.45) is 0.187. The summed E-state index contributed by atoms with van der Waals surface area (Å²) < 4.78 is 13.5. The van der Waals surface area contributed by atoms with Gasteiger partial charge in [0.05, 0.1) is 18.7 Å². The summed E-state index contributed by atoms with van der Waals surface area (Å²) in [6, 6.07) is 19.7. The molecule has 0 atom stereocenters. The number of amides is 2. The molecule has 152 valence electrons. The molecule has 7 heteroatoms. The highest BCUT2D eigenvalue weighted by atomic mass is 19.1. The average Bonchev–Trinajstić information content (AvgIpc) is 2.75. The van der Waals surface area contributed by atoms with Crippen molar-refractivity contribution in [2.75, 3.05) is 25.0 Å². The van der Waals surface area contributed by atoms with E-state index in [1.807, 2.05) is 42.5 Å². The van der Waals surface area contributed by atoms with Gasteiger partial charge in [0.2, 0.25) is 11.8 Å². The Bertz CT molecular complexity index is 1100. The SMILES string of the molecule is N#Cc1c(F)cccc1NCCNC(=O)CNC(=O)Cc1cccc2ccccc12. The average molecular weight is 404 g/mol. The number of fused-ring (bicyclic) bond motifs is 1. The van der Waals surface area contributed by atoms with Crippen LogP contribution in [0.1, 0.15) is 11.1 Å². The minimum absolute atomic E-state index is 0.0653. The second-order valence-corrected chi connectivity index (χ2v) is 6.64. The summed E-state index contributed by atoms with van der Waals surface area (Å²) in [5.41, 5.74) is 1.21. The highest BCUT2D eigenvalue weighted by molar-refractivity contribution is 5.91. The molecule has 3 aromatic rings. The first-order chi connectivity index (χ1) is 14.6. The van der Waals surface area contributed by atoms with Gasteiger partial charge in [-0.2, -0.15) is 5.26 Å². The van der Waals surface area contributed by atoms with Crippen LogP contribution in [0.5, 0.6) is 0 Å². The largest absolute Gasteiger partial charge is 0.382 e. The first-order valence-corrected chi connectivity index (χ1v) is 9.51. The minimum Gasteiger partial charge on any atom is -0.382 e. The molecule has 0 unspecified atom stereocenters. The fourth-order valence-corrected chi connectivity index (χ4v) is 3.11. The van der Waals surface area contributed by atoms with Crippen molar-refractivity contribution in [1.82, 2.24) is 10.6 Å². The van der Waals surface area contributed by atoms with E-state index < -0.39 is 5.82 Å². The zero-order valence-electron chi connectivity index (χ0n) is 16.2. The molecule has 6 nitrogen and oxygen atoms in total. The third kappa shape index (κ3) is 5.32. The number of hydrogen-bond donors (Lipinski definition) is 3. The number of anilines is 1. The Morgan fingerprint density at radius 2 is 1.67 bits per heavy atom. The summed E-state index contributed by atoms with van der Waals surface area (Å²) in [5.74, 6) is -1.17. The molecule has 0 saturated carbocycles. The lowest BCUT2D eigenvalue weighted by Crippen LogP contribution is -2.39. The van der Waals surface area contributed by atoms with Crippen LogP contribution in [0.2, 0.25) is 0 Å². The maximum atomic E-state index is 13.5. The zero-order valence-corrected chi connectivity index (χ0v) is 16.2. The number of nitrogens with zero attached hydrogens (tertiary/aromatic N) is 1. The van der Waals surface area contributed by atoms with Crippen molar-refractivity contribution in [1.29, 1.82) is 5.26 Å². The van der Waals surface area contributed by atoms with E-state index in [9.17, 15) is 14.0 Å². The van der Waals surface area contributed by atoms with Gasteiger partial charge in [-0.05, 0) is 28.5 Å². The number of hydrogen-bond acceptors (Lipinski definition) is 4. The predicted octanol–water partition coefficient (Wildman–Crippen LogP) is 2.74. The first-order valence-electron chi connectivity index (χ1n) is 9.51. The lowest BCUT2D eigenvalue weighted by Gasteiger charge is -2.10. The molecule has 0 aliphatic heterocycles. The molecular formula is C23H21FN4O2. The molecule has 0 radical (unpaired) electrons. The van der Waals surface area contributed by atoms with Gasteiger partial charge >= 0.3 is 0 Å². The molecule has 0 aromatic heterocycles. The Morgan fingerprint density at radius 1 is 0.900 bits per heavy atom. The molecule has 0 aliphatic carbocycles. The van der Waals surface area contributed by atoms with Crippen LogP contribution in [0.25, 0.3) is 10.8 Å². The van der Waals surface area contributed by atoms with Crippen molar-refractivity contribution in [2.45, 2.75) is 6.42 Å². The van der Waals surface area contributed by atoms with Gasteiger partial charge < -0.3 is 16.0 Å². The van der Waals surface area contributed by atoms with Gasteiger partial charge in [-0.15, -0.1) is 0 Å². The second-order valence-electron chi connectivity index (χ2n) is 6.64. The van der Waals surface area contributed by atoms with E-state index in [0.717, 1.165) is 16.3 Å². The van der Waals surface area contributed by atoms with Crippen molar-refractivity contribution in [3.05, 3.63) is 77.6 Å². The Hall–Kier alpha value is -3.92. The molecule has 3 aromatic carbocycles. The van der Waals surface area contributed by atoms with Crippen LogP contribution in [0.4, 0.5) is 10.1 Å². The molecule has 0 heterocycles. The first kappa shape index (κ1) is 20.8. The monoisotopic (exact) mass is 404 g/mol. The smallest absolute Gasteiger partial charge is 0.239 e. The predicted molar refractivity (Wildman–Crippen MR) is 113 cm³/mol. The number of carbonyl (C=O) groups is 2. The third-order valence-electron chi connectivity index (χ3n) is 4.57. The van der Waals surface area contributed by atoms with Crippen LogP contribution in [0.3, 0.4) is 0 Å². The molecule has 3 rings (SSSR count). The summed E-state index contributed by atoms with van der Waals surface area (Å²) in [6.45, 7) is 0.445. The number of nitrogens with one attached hydrogen (secondary N) is 3. The van der Waals surface area contributed by atoms with Crippen LogP contribution in [-0.2, 0) is 16.0 Å². The highest BCUT2D eigenvalue weighted by Crippen LogP contribution is 2.19. The van der Waals surface area contributed by atoms with Crippen LogP contribution in [0.15, 0.2) is 60.7 Å². The van der Waals surface area contributed by atoms with Gasteiger partial charge in [-0.1, -0.05) is 48.5 Å². The van der Waals surface area contributed by atoms with Crippen molar-refractivity contribution < 1.29 is 14.0 Å². The molecule has 0 fully saturated rings. The van der Waals surface area contributed by atoms with E-state index in [2.05, 4.69) is 16.0 Å². The Balaban J connectivity index is 1.41. The van der Waals surface area contributed by atoms with Gasteiger partial charge in [-0.25, -0.2) is 4.39 Å². The van der Waals surface area contributed by atoms with E-state index in [-0.39, 0.29) is 36.9 Å². The van der Waals surface area contributed by atoms with Gasteiger partial charge in [0.1, 0.15) is 17.4 Å². The van der Waals surface area contributed by atoms with Crippen molar-refractivity contribution >= 4 is 28.3 Å². The van der Waals surface area contributed by atoms with Gasteiger partial charge in [0, 0.05) is 13.1 Å². The Kier molecular flexibility index (Phi) is 6.95. The van der Waals surface area contributed by atoms with E-state index in [1.54, 1.807) is 12.1 Å². The minimum atomic E-state index is -0.597. The fraction of sp³-hybridized carbons (Fsp3) is 0.174. The van der Waals surface area contributed by atoms with Crippen LogP contribution in [-0.4, -0.2) is 31.4 Å². The van der Waals surface area contributed by atoms with E-state index in [0.29, 0.717) is 12.2 Å². The topological polar surface area (TPSA) is 94.0 Å². The van der Waals surface area contributed by atoms with E-state index in [1.165, 1.54) is 12.1 Å². The highest BCUT2D eigenvalue weighted by Gasteiger charge is 2.09. The lowest BCUT2D eigenvalue weighted by molar-refractivity contribution is -0.125. The fourth-order valence-electron chi connectivity index (χ4n) is 3.11. The number of carbonyl (C=O) groups excluding carboxylic acids is 2. The van der Waals surface area contributed by atoms with Gasteiger partial charge in [0.25, 0.3) is 0 Å². The molecular weight excluding hydrogens is 383 g/mol. The van der Waals surface area contributed by atoms with E-state index >= 15 is 0 Å². The number of nitriles is 1. The number of rotatable bonds is 8. The standard InChI is InChI=1S/C23H21FN4O2/c24-20-9-4-10-21(19(20)14-25)26-11-12-27-23(30)15-28-22(29)13-17-7-3-6-16-5-1-2-8-18(16)17/h1-10,26H,11-13,15H2,(H,27,30)(H,28,29). The maximum absolute atomic E-state index is 13.5. The molecule has 0 saturated heterocycles. The van der Waals surface area contributed by atoms with Crippen molar-refractivity contribution in [3.8, 4) is 6.07 Å². The quantitative estimate of drug-likeness (QED) is 0.503. The lowest BCUT2D eigenvalue weighted by atomic mass is 10.0. The summed E-state index contributed by atoms with van der Waals surface area (Å²) >= 11 is 0.